The summed E-state index contributed by atoms with van der Waals surface area (Å²) in [6, 6.07) is 3.68. The Hall–Kier alpha value is -1.09. The van der Waals surface area contributed by atoms with Crippen LogP contribution >= 0.6 is 0 Å². The lowest BCUT2D eigenvalue weighted by molar-refractivity contribution is 0.369. The van der Waals surface area contributed by atoms with Gasteiger partial charge in [0.2, 0.25) is 0 Å². The van der Waals surface area contributed by atoms with Crippen LogP contribution in [0.25, 0.3) is 0 Å². The molecule has 88 valence electrons. The van der Waals surface area contributed by atoms with Gasteiger partial charge in [0.25, 0.3) is 0 Å². The summed E-state index contributed by atoms with van der Waals surface area (Å²) in [5.41, 5.74) is 1.69. The Kier molecular flexibility index (Phi) is 3.44. The van der Waals surface area contributed by atoms with Gasteiger partial charge in [0.1, 0.15) is 11.6 Å². The van der Waals surface area contributed by atoms with Crippen molar-refractivity contribution in [3.05, 3.63) is 29.1 Å². The Bertz CT molecular complexity index is 372. The van der Waals surface area contributed by atoms with Crippen molar-refractivity contribution >= 4 is 0 Å². The zero-order valence-corrected chi connectivity index (χ0v) is 9.85. The normalized spacial score (nSPS) is 20.8. The van der Waals surface area contributed by atoms with E-state index in [1.807, 2.05) is 6.07 Å². The molecule has 0 saturated carbocycles. The molecule has 2 nitrogen and oxygen atoms in total. The van der Waals surface area contributed by atoms with Gasteiger partial charge in [-0.1, -0.05) is 12.5 Å². The standard InChI is InChI=1S/C13H18FNO/c1-9-11(14)7-6-10(13(9)16-2)12-5-3-4-8-15-12/h6-7,12,15H,3-5,8H2,1-2H3. The fourth-order valence-corrected chi connectivity index (χ4v) is 2.35. The predicted octanol–water partition coefficient (Wildman–Crippen LogP) is 2.96. The molecule has 0 amide bonds. The molecule has 3 heteroatoms. The summed E-state index contributed by atoms with van der Waals surface area (Å²) in [6.07, 6.45) is 3.54. The van der Waals surface area contributed by atoms with Crippen LogP contribution in [0.2, 0.25) is 0 Å². The van der Waals surface area contributed by atoms with Gasteiger partial charge in [-0.25, -0.2) is 4.39 Å². The molecule has 2 rings (SSSR count). The summed E-state index contributed by atoms with van der Waals surface area (Å²) >= 11 is 0. The number of nitrogens with one attached hydrogen (secondary N) is 1. The molecule has 1 aliphatic heterocycles. The van der Waals surface area contributed by atoms with Gasteiger partial charge in [-0.15, -0.1) is 0 Å². The van der Waals surface area contributed by atoms with Crippen molar-refractivity contribution in [2.45, 2.75) is 32.2 Å². The number of hydrogen-bond donors (Lipinski definition) is 1. The van der Waals surface area contributed by atoms with Gasteiger partial charge in [-0.3, -0.25) is 0 Å². The molecule has 1 aromatic carbocycles. The number of halogens is 1. The molecule has 1 N–H and O–H groups in total. The van der Waals surface area contributed by atoms with Crippen LogP contribution in [0.3, 0.4) is 0 Å². The van der Waals surface area contributed by atoms with E-state index < -0.39 is 0 Å². The van der Waals surface area contributed by atoms with E-state index in [0.29, 0.717) is 17.4 Å². The Morgan fingerprint density at radius 3 is 2.81 bits per heavy atom. The van der Waals surface area contributed by atoms with Gasteiger partial charge in [-0.05, 0) is 32.4 Å². The van der Waals surface area contributed by atoms with Gasteiger partial charge >= 0.3 is 0 Å². The van der Waals surface area contributed by atoms with Gasteiger partial charge in [0.05, 0.1) is 7.11 Å². The van der Waals surface area contributed by atoms with Crippen LogP contribution in [0.4, 0.5) is 4.39 Å². The van der Waals surface area contributed by atoms with Crippen LogP contribution in [-0.4, -0.2) is 13.7 Å². The SMILES string of the molecule is COc1c(C2CCCCN2)ccc(F)c1C. The van der Waals surface area contributed by atoms with E-state index in [0.717, 1.165) is 18.5 Å². The Morgan fingerprint density at radius 1 is 1.38 bits per heavy atom. The van der Waals surface area contributed by atoms with Crippen LogP contribution < -0.4 is 10.1 Å². The molecule has 0 bridgehead atoms. The van der Waals surface area contributed by atoms with Crippen LogP contribution in [0.1, 0.15) is 36.4 Å². The number of benzene rings is 1. The summed E-state index contributed by atoms with van der Waals surface area (Å²) in [7, 11) is 1.61. The van der Waals surface area contributed by atoms with Crippen molar-refractivity contribution in [1.82, 2.24) is 5.32 Å². The Morgan fingerprint density at radius 2 is 2.19 bits per heavy atom. The maximum absolute atomic E-state index is 13.4. The van der Waals surface area contributed by atoms with Crippen molar-refractivity contribution in [2.24, 2.45) is 0 Å². The van der Waals surface area contributed by atoms with E-state index in [-0.39, 0.29) is 5.82 Å². The summed E-state index contributed by atoms with van der Waals surface area (Å²) in [5.74, 6) is 0.496. The molecule has 1 aliphatic rings. The van der Waals surface area contributed by atoms with Crippen molar-refractivity contribution in [3.63, 3.8) is 0 Å². The minimum absolute atomic E-state index is 0.198. The van der Waals surface area contributed by atoms with Crippen LogP contribution in [0.5, 0.6) is 5.75 Å². The van der Waals surface area contributed by atoms with Crippen LogP contribution in [-0.2, 0) is 0 Å². The highest BCUT2D eigenvalue weighted by Crippen LogP contribution is 2.33. The smallest absolute Gasteiger partial charge is 0.129 e. The van der Waals surface area contributed by atoms with Crippen LogP contribution in [0, 0.1) is 12.7 Å². The highest BCUT2D eigenvalue weighted by atomic mass is 19.1. The molecule has 1 saturated heterocycles. The fraction of sp³-hybridized carbons (Fsp3) is 0.538. The summed E-state index contributed by atoms with van der Waals surface area (Å²) < 4.78 is 18.7. The minimum Gasteiger partial charge on any atom is -0.496 e. The van der Waals surface area contributed by atoms with E-state index in [9.17, 15) is 4.39 Å². The Balaban J connectivity index is 2.35. The lowest BCUT2D eigenvalue weighted by atomic mass is 9.95. The second-order valence-corrected chi connectivity index (χ2v) is 4.30. The number of methoxy groups -OCH3 is 1. The lowest BCUT2D eigenvalue weighted by Crippen LogP contribution is -2.27. The molecule has 1 unspecified atom stereocenters. The van der Waals surface area contributed by atoms with Crippen molar-refractivity contribution in [3.8, 4) is 5.75 Å². The topological polar surface area (TPSA) is 21.3 Å². The molecule has 16 heavy (non-hydrogen) atoms. The monoisotopic (exact) mass is 223 g/mol. The molecule has 0 aliphatic carbocycles. The third-order valence-electron chi connectivity index (χ3n) is 3.26. The number of hydrogen-bond acceptors (Lipinski definition) is 2. The maximum atomic E-state index is 13.4. The predicted molar refractivity (Wildman–Crippen MR) is 62.3 cm³/mol. The molecular formula is C13H18FNO. The average molecular weight is 223 g/mol. The first-order chi connectivity index (χ1) is 7.74. The van der Waals surface area contributed by atoms with Gasteiger partial charge in [0, 0.05) is 17.2 Å². The highest BCUT2D eigenvalue weighted by molar-refractivity contribution is 5.43. The second kappa shape index (κ2) is 4.83. The first-order valence-corrected chi connectivity index (χ1v) is 5.80. The van der Waals surface area contributed by atoms with Crippen molar-refractivity contribution in [2.75, 3.05) is 13.7 Å². The zero-order valence-electron chi connectivity index (χ0n) is 9.85. The molecule has 0 aromatic heterocycles. The summed E-state index contributed by atoms with van der Waals surface area (Å²) in [5, 5.41) is 3.45. The van der Waals surface area contributed by atoms with E-state index >= 15 is 0 Å². The first-order valence-electron chi connectivity index (χ1n) is 5.80. The molecule has 1 fully saturated rings. The molecule has 1 heterocycles. The van der Waals surface area contributed by atoms with Gasteiger partial charge < -0.3 is 10.1 Å². The Labute approximate surface area is 95.8 Å². The molecule has 1 atom stereocenters. The zero-order chi connectivity index (χ0) is 11.5. The molecule has 1 aromatic rings. The van der Waals surface area contributed by atoms with Crippen LogP contribution in [0.15, 0.2) is 12.1 Å². The van der Waals surface area contributed by atoms with E-state index in [1.54, 1.807) is 14.0 Å². The highest BCUT2D eigenvalue weighted by Gasteiger charge is 2.20. The quantitative estimate of drug-likeness (QED) is 0.832. The maximum Gasteiger partial charge on any atom is 0.129 e. The number of rotatable bonds is 2. The molecule has 0 radical (unpaired) electrons. The van der Waals surface area contributed by atoms with Crippen molar-refractivity contribution in [1.29, 1.82) is 0 Å². The second-order valence-electron chi connectivity index (χ2n) is 4.30. The van der Waals surface area contributed by atoms with E-state index in [2.05, 4.69) is 5.32 Å². The number of ether oxygens (including phenoxy) is 1. The fourth-order valence-electron chi connectivity index (χ4n) is 2.35. The third-order valence-corrected chi connectivity index (χ3v) is 3.26. The van der Waals surface area contributed by atoms with Gasteiger partial charge in [0.15, 0.2) is 0 Å². The summed E-state index contributed by atoms with van der Waals surface area (Å²) in [4.78, 5) is 0. The molecular weight excluding hydrogens is 205 g/mol. The largest absolute Gasteiger partial charge is 0.496 e. The third kappa shape index (κ3) is 2.05. The average Bonchev–Trinajstić information content (AvgIpc) is 2.33. The number of piperidine rings is 1. The van der Waals surface area contributed by atoms with E-state index in [1.165, 1.54) is 18.9 Å². The lowest BCUT2D eigenvalue weighted by Gasteiger charge is -2.26. The molecule has 0 spiro atoms. The first kappa shape index (κ1) is 11.4. The van der Waals surface area contributed by atoms with Gasteiger partial charge in [-0.2, -0.15) is 0 Å². The van der Waals surface area contributed by atoms with E-state index in [4.69, 9.17) is 4.74 Å². The minimum atomic E-state index is -0.198. The van der Waals surface area contributed by atoms with Crippen molar-refractivity contribution < 1.29 is 9.13 Å². The summed E-state index contributed by atoms with van der Waals surface area (Å²) in [6.45, 7) is 2.80.